The third kappa shape index (κ3) is 1.82. The lowest BCUT2D eigenvalue weighted by molar-refractivity contribution is 0.260. The predicted octanol–water partition coefficient (Wildman–Crippen LogP) is 0.519. The molecule has 2 heterocycles. The van der Waals surface area contributed by atoms with Crippen molar-refractivity contribution in [2.75, 3.05) is 25.1 Å². The molecule has 2 rings (SSSR count). The number of likely N-dealkylation sites (N-methyl/N-ethyl adjacent to an activating group) is 1. The van der Waals surface area contributed by atoms with Crippen molar-refractivity contribution in [2.45, 2.75) is 26.9 Å². The van der Waals surface area contributed by atoms with Crippen LogP contribution in [0.15, 0.2) is 0 Å². The van der Waals surface area contributed by atoms with Crippen LogP contribution in [0.3, 0.4) is 0 Å². The summed E-state index contributed by atoms with van der Waals surface area (Å²) >= 11 is 0. The van der Waals surface area contributed by atoms with E-state index < -0.39 is 0 Å². The van der Waals surface area contributed by atoms with Gasteiger partial charge in [0.1, 0.15) is 0 Å². The summed E-state index contributed by atoms with van der Waals surface area (Å²) in [6, 6.07) is 0. The lowest BCUT2D eigenvalue weighted by atomic mass is 10.3. The maximum Gasteiger partial charge on any atom is 0.169 e. The molecule has 5 nitrogen and oxygen atoms in total. The summed E-state index contributed by atoms with van der Waals surface area (Å²) in [5.41, 5.74) is 13.0. The predicted molar refractivity (Wildman–Crippen MR) is 58.7 cm³/mol. The maximum atomic E-state index is 5.75. The molecule has 0 atom stereocenters. The molecule has 0 amide bonds. The van der Waals surface area contributed by atoms with Crippen LogP contribution in [0.2, 0.25) is 0 Å². The van der Waals surface area contributed by atoms with Gasteiger partial charge < -0.3 is 11.5 Å². The summed E-state index contributed by atoms with van der Waals surface area (Å²) in [5, 5.41) is 4.13. The molecule has 1 aromatic heterocycles. The fourth-order valence-corrected chi connectivity index (χ4v) is 1.48. The van der Waals surface area contributed by atoms with Crippen molar-refractivity contribution in [1.29, 1.82) is 0 Å². The van der Waals surface area contributed by atoms with E-state index in [9.17, 15) is 0 Å². The lowest BCUT2D eigenvalue weighted by Gasteiger charge is -2.23. The molecule has 80 valence electrons. The Morgan fingerprint density at radius 2 is 1.86 bits per heavy atom. The standard InChI is InChI=1S/C7H13N5.C2H6/c1-11-2-3-12-5(4-11)6(8)7(9)10-12;1-2/h2-4,8H2,1H3,(H2,9,10);1-2H3. The van der Waals surface area contributed by atoms with Crippen molar-refractivity contribution >= 4 is 11.5 Å². The normalized spacial score (nSPS) is 15.6. The number of rotatable bonds is 0. The Bertz CT molecular complexity index is 304. The highest BCUT2D eigenvalue weighted by Crippen LogP contribution is 2.22. The van der Waals surface area contributed by atoms with E-state index in [1.807, 2.05) is 18.5 Å². The summed E-state index contributed by atoms with van der Waals surface area (Å²) in [4.78, 5) is 2.20. The molecule has 0 unspecified atom stereocenters. The van der Waals surface area contributed by atoms with Crippen molar-refractivity contribution in [3.63, 3.8) is 0 Å². The molecule has 0 aromatic carbocycles. The second-order valence-corrected chi connectivity index (χ2v) is 3.21. The van der Waals surface area contributed by atoms with Crippen molar-refractivity contribution in [1.82, 2.24) is 14.7 Å². The van der Waals surface area contributed by atoms with Crippen LogP contribution in [0.1, 0.15) is 19.5 Å². The van der Waals surface area contributed by atoms with Gasteiger partial charge >= 0.3 is 0 Å². The number of nitrogens with zero attached hydrogens (tertiary/aromatic N) is 3. The SMILES string of the molecule is CC.CN1CCn2nc(N)c(N)c2C1. The van der Waals surface area contributed by atoms with Crippen LogP contribution in [0.5, 0.6) is 0 Å². The Hall–Kier alpha value is -1.23. The largest absolute Gasteiger partial charge is 0.394 e. The maximum absolute atomic E-state index is 5.75. The molecule has 4 N–H and O–H groups in total. The van der Waals surface area contributed by atoms with Crippen molar-refractivity contribution in [3.05, 3.63) is 5.69 Å². The van der Waals surface area contributed by atoms with Crippen LogP contribution in [0.25, 0.3) is 0 Å². The van der Waals surface area contributed by atoms with Crippen LogP contribution in [-0.2, 0) is 13.1 Å². The van der Waals surface area contributed by atoms with E-state index in [0.717, 1.165) is 25.3 Å². The van der Waals surface area contributed by atoms with Gasteiger partial charge in [-0.1, -0.05) is 13.8 Å². The minimum absolute atomic E-state index is 0.459. The van der Waals surface area contributed by atoms with Crippen molar-refractivity contribution in [3.8, 4) is 0 Å². The molecule has 0 spiro atoms. The third-order valence-corrected chi connectivity index (χ3v) is 2.24. The molecule has 1 aliphatic rings. The van der Waals surface area contributed by atoms with Gasteiger partial charge in [-0.05, 0) is 7.05 Å². The Balaban J connectivity index is 0.000000461. The van der Waals surface area contributed by atoms with E-state index in [4.69, 9.17) is 11.5 Å². The highest BCUT2D eigenvalue weighted by molar-refractivity contribution is 5.61. The molecule has 0 bridgehead atoms. The molecule has 14 heavy (non-hydrogen) atoms. The second kappa shape index (κ2) is 4.32. The zero-order valence-corrected chi connectivity index (χ0v) is 9.12. The molecule has 1 aliphatic heterocycles. The van der Waals surface area contributed by atoms with E-state index >= 15 is 0 Å². The average molecular weight is 197 g/mol. The molecule has 5 heteroatoms. The van der Waals surface area contributed by atoms with E-state index in [0.29, 0.717) is 11.5 Å². The average Bonchev–Trinajstić information content (AvgIpc) is 2.48. The fourth-order valence-electron chi connectivity index (χ4n) is 1.48. The van der Waals surface area contributed by atoms with E-state index in [1.165, 1.54) is 0 Å². The Morgan fingerprint density at radius 1 is 1.21 bits per heavy atom. The van der Waals surface area contributed by atoms with Crippen LogP contribution in [0.4, 0.5) is 11.5 Å². The van der Waals surface area contributed by atoms with Gasteiger partial charge in [0.2, 0.25) is 0 Å². The zero-order chi connectivity index (χ0) is 10.7. The molecule has 0 saturated heterocycles. The third-order valence-electron chi connectivity index (χ3n) is 2.24. The fraction of sp³-hybridized carbons (Fsp3) is 0.667. The van der Waals surface area contributed by atoms with Gasteiger partial charge in [-0.15, -0.1) is 0 Å². The molecule has 0 fully saturated rings. The molecule has 1 aromatic rings. The summed E-state index contributed by atoms with van der Waals surface area (Å²) in [6.07, 6.45) is 0. The van der Waals surface area contributed by atoms with Crippen molar-refractivity contribution in [2.24, 2.45) is 0 Å². The van der Waals surface area contributed by atoms with Gasteiger partial charge in [0.25, 0.3) is 0 Å². The molecule has 0 aliphatic carbocycles. The highest BCUT2D eigenvalue weighted by Gasteiger charge is 2.18. The number of hydrogen-bond donors (Lipinski definition) is 2. The molecular formula is C9H19N5. The first-order valence-electron chi connectivity index (χ1n) is 4.97. The number of fused-ring (bicyclic) bond motifs is 1. The molecule has 0 saturated carbocycles. The van der Waals surface area contributed by atoms with Crippen LogP contribution in [0, 0.1) is 0 Å². The van der Waals surface area contributed by atoms with Crippen LogP contribution in [-0.4, -0.2) is 28.3 Å². The van der Waals surface area contributed by atoms with Crippen LogP contribution >= 0.6 is 0 Å². The minimum atomic E-state index is 0.459. The molecule has 0 radical (unpaired) electrons. The first-order valence-corrected chi connectivity index (χ1v) is 4.97. The first kappa shape index (κ1) is 10.8. The monoisotopic (exact) mass is 197 g/mol. The number of anilines is 2. The summed E-state index contributed by atoms with van der Waals surface area (Å²) in [7, 11) is 2.06. The number of nitrogens with two attached hydrogens (primary N) is 2. The minimum Gasteiger partial charge on any atom is -0.394 e. The second-order valence-electron chi connectivity index (χ2n) is 3.21. The number of hydrogen-bond acceptors (Lipinski definition) is 4. The van der Waals surface area contributed by atoms with Gasteiger partial charge in [0.15, 0.2) is 5.82 Å². The summed E-state index contributed by atoms with van der Waals surface area (Å²) in [5.74, 6) is 0.459. The first-order chi connectivity index (χ1) is 6.68. The van der Waals surface area contributed by atoms with Gasteiger partial charge in [0.05, 0.1) is 17.9 Å². The van der Waals surface area contributed by atoms with Crippen molar-refractivity contribution < 1.29 is 0 Å². The molecular weight excluding hydrogens is 178 g/mol. The highest BCUT2D eigenvalue weighted by atomic mass is 15.4. The summed E-state index contributed by atoms with van der Waals surface area (Å²) in [6.45, 7) is 6.73. The number of aromatic nitrogens is 2. The van der Waals surface area contributed by atoms with Gasteiger partial charge in [0, 0.05) is 13.1 Å². The van der Waals surface area contributed by atoms with Gasteiger partial charge in [-0.3, -0.25) is 9.58 Å². The Morgan fingerprint density at radius 3 is 2.50 bits per heavy atom. The van der Waals surface area contributed by atoms with Gasteiger partial charge in [-0.25, -0.2) is 0 Å². The van der Waals surface area contributed by atoms with E-state index in [-0.39, 0.29) is 0 Å². The van der Waals surface area contributed by atoms with E-state index in [2.05, 4.69) is 17.0 Å². The quantitative estimate of drug-likeness (QED) is 0.636. The summed E-state index contributed by atoms with van der Waals surface area (Å²) < 4.78 is 1.89. The number of nitrogen functional groups attached to an aromatic ring is 2. The topological polar surface area (TPSA) is 73.1 Å². The smallest absolute Gasteiger partial charge is 0.169 e. The van der Waals surface area contributed by atoms with Gasteiger partial charge in [-0.2, -0.15) is 5.10 Å². The lowest BCUT2D eigenvalue weighted by Crippen LogP contribution is -2.30. The van der Waals surface area contributed by atoms with E-state index in [1.54, 1.807) is 0 Å². The Kier molecular flexibility index (Phi) is 3.35. The zero-order valence-electron chi connectivity index (χ0n) is 9.12. The Labute approximate surface area is 84.7 Å². The van der Waals surface area contributed by atoms with Crippen LogP contribution < -0.4 is 11.5 Å².